The Balaban J connectivity index is 3.18. The maximum Gasteiger partial charge on any atom is 0.308 e. The number of unbranched alkanes of at least 4 members (excludes halogenated alkanes) is 12. The summed E-state index contributed by atoms with van der Waals surface area (Å²) in [5.41, 5.74) is 0. The SMILES string of the molecule is CCCCCCCCCCCCCCCC(=O)OCCOCCOCCOCCC(=O)OCC. The number of rotatable bonds is 27. The molecule has 0 saturated heterocycles. The van der Waals surface area contributed by atoms with Crippen LogP contribution in [0.25, 0.3) is 0 Å². The van der Waals surface area contributed by atoms with E-state index in [1.807, 2.05) is 0 Å². The minimum atomic E-state index is -0.248. The Morgan fingerprint density at radius 1 is 0.441 bits per heavy atom. The van der Waals surface area contributed by atoms with Gasteiger partial charge in [0.1, 0.15) is 6.61 Å². The van der Waals surface area contributed by atoms with Crippen LogP contribution in [0.2, 0.25) is 0 Å². The van der Waals surface area contributed by atoms with E-state index in [-0.39, 0.29) is 25.0 Å². The molecule has 7 heteroatoms. The molecule has 0 rings (SSSR count). The van der Waals surface area contributed by atoms with E-state index in [2.05, 4.69) is 6.92 Å². The molecule has 0 aromatic carbocycles. The Bertz CT molecular complexity index is 443. The molecule has 0 aromatic heterocycles. The maximum atomic E-state index is 11.7. The summed E-state index contributed by atoms with van der Waals surface area (Å²) < 4.78 is 26.0. The zero-order valence-corrected chi connectivity index (χ0v) is 22.1. The van der Waals surface area contributed by atoms with Crippen molar-refractivity contribution < 1.29 is 33.3 Å². The second-order valence-electron chi connectivity index (χ2n) is 8.61. The largest absolute Gasteiger partial charge is 0.466 e. The highest BCUT2D eigenvalue weighted by molar-refractivity contribution is 5.69. The van der Waals surface area contributed by atoms with Gasteiger partial charge in [-0.1, -0.05) is 84.0 Å². The van der Waals surface area contributed by atoms with E-state index in [9.17, 15) is 9.59 Å². The predicted octanol–water partition coefficient (Wildman–Crippen LogP) is 6.01. The first-order chi connectivity index (χ1) is 16.7. The topological polar surface area (TPSA) is 80.3 Å². The number of hydrogen-bond acceptors (Lipinski definition) is 7. The molecule has 0 radical (unpaired) electrons. The van der Waals surface area contributed by atoms with Gasteiger partial charge in [-0.3, -0.25) is 9.59 Å². The van der Waals surface area contributed by atoms with Gasteiger partial charge < -0.3 is 23.7 Å². The Labute approximate surface area is 208 Å². The van der Waals surface area contributed by atoms with Gasteiger partial charge in [-0.25, -0.2) is 0 Å². The smallest absolute Gasteiger partial charge is 0.308 e. The average molecular weight is 489 g/mol. The molecule has 0 spiro atoms. The quantitative estimate of drug-likeness (QED) is 0.103. The fourth-order valence-corrected chi connectivity index (χ4v) is 3.50. The lowest BCUT2D eigenvalue weighted by molar-refractivity contribution is -0.146. The zero-order valence-electron chi connectivity index (χ0n) is 22.1. The molecular formula is C27H52O7. The Hall–Kier alpha value is -1.18. The zero-order chi connectivity index (χ0) is 25.0. The van der Waals surface area contributed by atoms with Crippen LogP contribution < -0.4 is 0 Å². The molecule has 0 aliphatic carbocycles. The second-order valence-corrected chi connectivity index (χ2v) is 8.61. The minimum absolute atomic E-state index is 0.136. The van der Waals surface area contributed by atoms with Crippen LogP contribution in [0, 0.1) is 0 Å². The average Bonchev–Trinajstić information content (AvgIpc) is 2.83. The van der Waals surface area contributed by atoms with Crippen molar-refractivity contribution >= 4 is 11.9 Å². The Morgan fingerprint density at radius 3 is 1.35 bits per heavy atom. The third-order valence-electron chi connectivity index (χ3n) is 5.48. The van der Waals surface area contributed by atoms with Crippen molar-refractivity contribution in [2.24, 2.45) is 0 Å². The van der Waals surface area contributed by atoms with Gasteiger partial charge >= 0.3 is 11.9 Å². The van der Waals surface area contributed by atoms with E-state index in [0.29, 0.717) is 52.7 Å². The second kappa shape index (κ2) is 28.1. The van der Waals surface area contributed by atoms with Crippen molar-refractivity contribution in [2.45, 2.75) is 110 Å². The first-order valence-corrected chi connectivity index (χ1v) is 13.7. The van der Waals surface area contributed by atoms with Gasteiger partial charge in [0.05, 0.1) is 52.7 Å². The van der Waals surface area contributed by atoms with Gasteiger partial charge in [-0.15, -0.1) is 0 Å². The molecule has 0 fully saturated rings. The summed E-state index contributed by atoms with van der Waals surface area (Å²) >= 11 is 0. The van der Waals surface area contributed by atoms with Crippen molar-refractivity contribution in [1.82, 2.24) is 0 Å². The molecule has 0 unspecified atom stereocenters. The summed E-state index contributed by atoms with van der Waals surface area (Å²) in [7, 11) is 0. The van der Waals surface area contributed by atoms with Crippen LogP contribution >= 0.6 is 0 Å². The van der Waals surface area contributed by atoms with Crippen LogP contribution in [0.1, 0.15) is 110 Å². The molecule has 0 N–H and O–H groups in total. The van der Waals surface area contributed by atoms with Crippen molar-refractivity contribution in [3.05, 3.63) is 0 Å². The molecule has 0 amide bonds. The van der Waals surface area contributed by atoms with E-state index in [1.54, 1.807) is 6.92 Å². The van der Waals surface area contributed by atoms with Crippen LogP contribution in [0.15, 0.2) is 0 Å². The van der Waals surface area contributed by atoms with Crippen LogP contribution in [0.4, 0.5) is 0 Å². The molecule has 0 aromatic rings. The van der Waals surface area contributed by atoms with Crippen LogP contribution in [-0.2, 0) is 33.3 Å². The lowest BCUT2D eigenvalue weighted by atomic mass is 10.0. The summed E-state index contributed by atoms with van der Waals surface area (Å²) in [5, 5.41) is 0. The number of esters is 2. The van der Waals surface area contributed by atoms with E-state index in [4.69, 9.17) is 23.7 Å². The van der Waals surface area contributed by atoms with Crippen LogP contribution in [0.5, 0.6) is 0 Å². The van der Waals surface area contributed by atoms with Gasteiger partial charge in [-0.2, -0.15) is 0 Å². The first-order valence-electron chi connectivity index (χ1n) is 13.7. The molecular weight excluding hydrogens is 436 g/mol. The van der Waals surface area contributed by atoms with Crippen molar-refractivity contribution in [3.63, 3.8) is 0 Å². The van der Waals surface area contributed by atoms with Gasteiger partial charge in [0.2, 0.25) is 0 Å². The van der Waals surface area contributed by atoms with Crippen molar-refractivity contribution in [1.29, 1.82) is 0 Å². The molecule has 7 nitrogen and oxygen atoms in total. The number of carbonyl (C=O) groups is 2. The third kappa shape index (κ3) is 27.1. The molecule has 34 heavy (non-hydrogen) atoms. The van der Waals surface area contributed by atoms with Gasteiger partial charge in [0, 0.05) is 6.42 Å². The highest BCUT2D eigenvalue weighted by Crippen LogP contribution is 2.13. The lowest BCUT2D eigenvalue weighted by Crippen LogP contribution is -2.14. The fraction of sp³-hybridized carbons (Fsp3) is 0.926. The van der Waals surface area contributed by atoms with E-state index in [1.165, 1.54) is 70.6 Å². The molecule has 202 valence electrons. The van der Waals surface area contributed by atoms with E-state index >= 15 is 0 Å². The number of hydrogen-bond donors (Lipinski definition) is 0. The number of ether oxygens (including phenoxy) is 5. The van der Waals surface area contributed by atoms with E-state index in [0.717, 1.165) is 12.8 Å². The summed E-state index contributed by atoms with van der Waals surface area (Å²) in [6.07, 6.45) is 17.6. The maximum absolute atomic E-state index is 11.7. The number of carbonyl (C=O) groups excluding carboxylic acids is 2. The van der Waals surface area contributed by atoms with Crippen molar-refractivity contribution in [2.75, 3.05) is 52.9 Å². The van der Waals surface area contributed by atoms with Crippen molar-refractivity contribution in [3.8, 4) is 0 Å². The Morgan fingerprint density at radius 2 is 0.853 bits per heavy atom. The molecule has 0 aliphatic heterocycles. The van der Waals surface area contributed by atoms with Gasteiger partial charge in [0.25, 0.3) is 0 Å². The van der Waals surface area contributed by atoms with Crippen LogP contribution in [0.3, 0.4) is 0 Å². The van der Waals surface area contributed by atoms with E-state index < -0.39 is 0 Å². The molecule has 0 atom stereocenters. The minimum Gasteiger partial charge on any atom is -0.466 e. The van der Waals surface area contributed by atoms with Gasteiger partial charge in [0.15, 0.2) is 0 Å². The van der Waals surface area contributed by atoms with Crippen LogP contribution in [-0.4, -0.2) is 64.8 Å². The lowest BCUT2D eigenvalue weighted by Gasteiger charge is -2.08. The normalized spacial score (nSPS) is 11.0. The highest BCUT2D eigenvalue weighted by atomic mass is 16.6. The molecule has 0 bridgehead atoms. The Kier molecular flexibility index (Phi) is 27.1. The summed E-state index contributed by atoms with van der Waals surface area (Å²) in [5.74, 6) is -0.384. The summed E-state index contributed by atoms with van der Waals surface area (Å²) in [6, 6.07) is 0. The standard InChI is InChI=1S/C27H52O7/c1-3-5-6-7-8-9-10-11-12-13-14-15-16-17-26(28)34-25-24-32-23-22-31-21-20-30-19-18-27(29)33-4-2/h3-25H2,1-2H3. The van der Waals surface area contributed by atoms with Gasteiger partial charge in [-0.05, 0) is 13.3 Å². The molecule has 0 heterocycles. The molecule has 0 aliphatic rings. The first kappa shape index (κ1) is 32.8. The third-order valence-corrected chi connectivity index (χ3v) is 5.48. The highest BCUT2D eigenvalue weighted by Gasteiger charge is 2.03. The predicted molar refractivity (Wildman–Crippen MR) is 135 cm³/mol. The monoisotopic (exact) mass is 488 g/mol. The molecule has 0 saturated carbocycles. The fourth-order valence-electron chi connectivity index (χ4n) is 3.50. The summed E-state index contributed by atoms with van der Waals surface area (Å²) in [4.78, 5) is 22.9. The summed E-state index contributed by atoms with van der Waals surface area (Å²) in [6.45, 7) is 7.20.